The normalized spacial score (nSPS) is 13.2. The quantitative estimate of drug-likeness (QED) is 0.578. The first-order valence-corrected chi connectivity index (χ1v) is 4.95. The van der Waals surface area contributed by atoms with Gasteiger partial charge in [0.1, 0.15) is 0 Å². The van der Waals surface area contributed by atoms with E-state index in [0.29, 0.717) is 0 Å². The molecular formula is C14H10O. The van der Waals surface area contributed by atoms with Crippen LogP contribution in [0.3, 0.4) is 0 Å². The van der Waals surface area contributed by atoms with E-state index in [4.69, 9.17) is 5.11 Å². The summed E-state index contributed by atoms with van der Waals surface area (Å²) in [6, 6.07) is 14.2. The Morgan fingerprint density at radius 3 is 2.53 bits per heavy atom. The molecule has 0 fully saturated rings. The first-order chi connectivity index (χ1) is 7.40. The molecule has 2 aromatic carbocycles. The molecule has 0 radical (unpaired) electrons. The van der Waals surface area contributed by atoms with Crippen LogP contribution < -0.4 is 10.4 Å². The van der Waals surface area contributed by atoms with Crippen LogP contribution in [-0.2, 0) is 0 Å². The molecule has 0 saturated heterocycles. The minimum atomic E-state index is 0.878. The average molecular weight is 194 g/mol. The minimum absolute atomic E-state index is 0.878. The van der Waals surface area contributed by atoms with Crippen LogP contribution in [0.2, 0.25) is 0 Å². The molecule has 0 amide bonds. The summed E-state index contributed by atoms with van der Waals surface area (Å²) >= 11 is 0. The molecule has 0 aromatic heterocycles. The van der Waals surface area contributed by atoms with Crippen LogP contribution >= 0.6 is 0 Å². The number of aliphatic hydroxyl groups is 1. The number of fused-ring (bicyclic) bond motifs is 3. The van der Waals surface area contributed by atoms with Crippen molar-refractivity contribution >= 4 is 12.3 Å². The summed E-state index contributed by atoms with van der Waals surface area (Å²) < 4.78 is 0. The molecule has 15 heavy (non-hydrogen) atoms. The van der Waals surface area contributed by atoms with Gasteiger partial charge in [-0.1, -0.05) is 42.5 Å². The van der Waals surface area contributed by atoms with Gasteiger partial charge in [0.2, 0.25) is 0 Å². The molecule has 2 aromatic rings. The van der Waals surface area contributed by atoms with Crippen LogP contribution in [0.1, 0.15) is 5.56 Å². The van der Waals surface area contributed by atoms with Gasteiger partial charge in [0.15, 0.2) is 0 Å². The van der Waals surface area contributed by atoms with Crippen LogP contribution in [-0.4, -0.2) is 5.11 Å². The van der Waals surface area contributed by atoms with E-state index < -0.39 is 0 Å². The average Bonchev–Trinajstić information content (AvgIpc) is 2.67. The molecule has 3 rings (SSSR count). The SMILES string of the molecule is O/C=c1/cccc2c1=Cc1ccccc1-2. The Hall–Kier alpha value is -2.02. The number of hydrogen-bond acceptors (Lipinski definition) is 1. The molecule has 0 spiro atoms. The van der Waals surface area contributed by atoms with Gasteiger partial charge in [-0.15, -0.1) is 0 Å². The Kier molecular flexibility index (Phi) is 1.65. The van der Waals surface area contributed by atoms with Gasteiger partial charge >= 0.3 is 0 Å². The van der Waals surface area contributed by atoms with Gasteiger partial charge in [0, 0.05) is 5.22 Å². The fraction of sp³-hybridized carbons (Fsp3) is 0. The van der Waals surface area contributed by atoms with Gasteiger partial charge in [-0.2, -0.15) is 0 Å². The first-order valence-electron chi connectivity index (χ1n) is 4.95. The molecule has 1 aliphatic carbocycles. The summed E-state index contributed by atoms with van der Waals surface area (Å²) in [6.45, 7) is 0. The zero-order valence-electron chi connectivity index (χ0n) is 8.14. The Labute approximate surface area is 87.6 Å². The van der Waals surface area contributed by atoms with E-state index in [9.17, 15) is 0 Å². The second-order valence-electron chi connectivity index (χ2n) is 3.67. The minimum Gasteiger partial charge on any atom is -0.515 e. The van der Waals surface area contributed by atoms with Crippen LogP contribution in [0, 0.1) is 0 Å². The third-order valence-corrected chi connectivity index (χ3v) is 2.83. The van der Waals surface area contributed by atoms with Gasteiger partial charge < -0.3 is 5.11 Å². The summed E-state index contributed by atoms with van der Waals surface area (Å²) in [5.41, 5.74) is 3.67. The number of rotatable bonds is 0. The molecule has 1 heteroatoms. The van der Waals surface area contributed by atoms with E-state index in [-0.39, 0.29) is 0 Å². The summed E-state index contributed by atoms with van der Waals surface area (Å²) in [6.07, 6.45) is 3.29. The number of aliphatic hydroxyl groups excluding tert-OH is 1. The van der Waals surface area contributed by atoms with E-state index in [1.165, 1.54) is 23.0 Å². The Morgan fingerprint density at radius 2 is 1.67 bits per heavy atom. The van der Waals surface area contributed by atoms with Gasteiger partial charge in [-0.25, -0.2) is 0 Å². The fourth-order valence-corrected chi connectivity index (χ4v) is 2.12. The molecule has 0 aliphatic heterocycles. The van der Waals surface area contributed by atoms with Crippen molar-refractivity contribution in [1.82, 2.24) is 0 Å². The predicted octanol–water partition coefficient (Wildman–Crippen LogP) is 1.79. The molecule has 0 atom stereocenters. The highest BCUT2D eigenvalue weighted by Gasteiger charge is 2.10. The number of hydrogen-bond donors (Lipinski definition) is 1. The highest BCUT2D eigenvalue weighted by atomic mass is 16.2. The highest BCUT2D eigenvalue weighted by molar-refractivity contribution is 5.82. The maximum atomic E-state index is 9.14. The molecule has 0 bridgehead atoms. The lowest BCUT2D eigenvalue weighted by Gasteiger charge is -1.99. The van der Waals surface area contributed by atoms with Gasteiger partial charge in [-0.3, -0.25) is 0 Å². The standard InChI is InChI=1S/C14H10O/c15-9-11-5-3-7-13-12-6-2-1-4-10(12)8-14(11)13/h1-9,15H/b11-9-. The smallest absolute Gasteiger partial charge is 0.0870 e. The number of benzene rings is 2. The second kappa shape index (κ2) is 2.99. The zero-order valence-corrected chi connectivity index (χ0v) is 8.14. The fourth-order valence-electron chi connectivity index (χ4n) is 2.12. The summed E-state index contributed by atoms with van der Waals surface area (Å²) in [5.74, 6) is 0. The largest absolute Gasteiger partial charge is 0.515 e. The van der Waals surface area contributed by atoms with Crippen LogP contribution in [0.5, 0.6) is 0 Å². The molecule has 0 saturated carbocycles. The maximum Gasteiger partial charge on any atom is 0.0870 e. The lowest BCUT2D eigenvalue weighted by molar-refractivity contribution is 0.540. The van der Waals surface area contributed by atoms with Crippen molar-refractivity contribution in [3.63, 3.8) is 0 Å². The Bertz CT molecular complexity index is 639. The zero-order chi connectivity index (χ0) is 10.3. The van der Waals surface area contributed by atoms with E-state index >= 15 is 0 Å². The van der Waals surface area contributed by atoms with Crippen molar-refractivity contribution in [3.05, 3.63) is 58.5 Å². The second-order valence-corrected chi connectivity index (χ2v) is 3.67. The monoisotopic (exact) mass is 194 g/mol. The summed E-state index contributed by atoms with van der Waals surface area (Å²) in [5, 5.41) is 11.1. The van der Waals surface area contributed by atoms with Crippen molar-refractivity contribution in [2.45, 2.75) is 0 Å². The van der Waals surface area contributed by atoms with E-state index in [0.717, 1.165) is 10.4 Å². The van der Waals surface area contributed by atoms with Crippen molar-refractivity contribution in [3.8, 4) is 11.1 Å². The van der Waals surface area contributed by atoms with Crippen molar-refractivity contribution in [2.24, 2.45) is 0 Å². The van der Waals surface area contributed by atoms with Gasteiger partial charge in [0.05, 0.1) is 6.26 Å². The molecule has 0 heterocycles. The van der Waals surface area contributed by atoms with Crippen molar-refractivity contribution in [1.29, 1.82) is 0 Å². The molecule has 1 N–H and O–H groups in total. The van der Waals surface area contributed by atoms with Crippen LogP contribution in [0.25, 0.3) is 23.5 Å². The Morgan fingerprint density at radius 1 is 0.867 bits per heavy atom. The van der Waals surface area contributed by atoms with Crippen LogP contribution in [0.15, 0.2) is 42.5 Å². The maximum absolute atomic E-state index is 9.14. The molecular weight excluding hydrogens is 184 g/mol. The van der Waals surface area contributed by atoms with E-state index in [2.05, 4.69) is 24.3 Å². The lowest BCUT2D eigenvalue weighted by Crippen LogP contribution is -2.24. The topological polar surface area (TPSA) is 20.2 Å². The van der Waals surface area contributed by atoms with E-state index in [1.54, 1.807) is 0 Å². The van der Waals surface area contributed by atoms with Gasteiger partial charge in [-0.05, 0) is 28.0 Å². The van der Waals surface area contributed by atoms with Crippen molar-refractivity contribution in [2.75, 3.05) is 0 Å². The first kappa shape index (κ1) is 8.30. The molecule has 0 unspecified atom stereocenters. The van der Waals surface area contributed by atoms with Gasteiger partial charge in [0.25, 0.3) is 0 Å². The third kappa shape index (κ3) is 1.10. The summed E-state index contributed by atoms with van der Waals surface area (Å²) in [4.78, 5) is 0. The van der Waals surface area contributed by atoms with Crippen LogP contribution in [0.4, 0.5) is 0 Å². The van der Waals surface area contributed by atoms with Crippen molar-refractivity contribution < 1.29 is 5.11 Å². The molecule has 1 aliphatic rings. The Balaban J connectivity index is 2.48. The highest BCUT2D eigenvalue weighted by Crippen LogP contribution is 2.24. The molecule has 72 valence electrons. The summed E-state index contributed by atoms with van der Waals surface area (Å²) in [7, 11) is 0. The lowest BCUT2D eigenvalue weighted by atomic mass is 10.1. The predicted molar refractivity (Wildman–Crippen MR) is 61.8 cm³/mol. The molecule has 1 nitrogen and oxygen atoms in total. The third-order valence-electron chi connectivity index (χ3n) is 2.83. The van der Waals surface area contributed by atoms with E-state index in [1.807, 2.05) is 24.3 Å².